The number of aliphatic hydroxyl groups excluding tert-OH is 1. The van der Waals surface area contributed by atoms with Gasteiger partial charge in [0.2, 0.25) is 0 Å². The summed E-state index contributed by atoms with van der Waals surface area (Å²) in [7, 11) is 0. The van der Waals surface area contributed by atoms with Crippen LogP contribution in [0.5, 0.6) is 0 Å². The number of alkyl halides is 3. The lowest BCUT2D eigenvalue weighted by Gasteiger charge is -2.16. The largest absolute Gasteiger partial charge is 0.416 e. The molecule has 3 atom stereocenters. The second-order valence-corrected chi connectivity index (χ2v) is 5.95. The Morgan fingerprint density at radius 1 is 1.11 bits per heavy atom. The van der Waals surface area contributed by atoms with Crippen LogP contribution in [0.3, 0.4) is 0 Å². The lowest BCUT2D eigenvalue weighted by Crippen LogP contribution is -2.19. The first-order valence-corrected chi connectivity index (χ1v) is 6.11. The van der Waals surface area contributed by atoms with Gasteiger partial charge in [-0.2, -0.15) is 13.2 Å². The first-order valence-electron chi connectivity index (χ1n) is 6.11. The Morgan fingerprint density at radius 2 is 1.63 bits per heavy atom. The Kier molecular flexibility index (Phi) is 3.39. The number of ether oxygens (including phenoxy) is 1. The molecule has 0 radical (unpaired) electrons. The molecule has 0 spiro atoms. The van der Waals surface area contributed by atoms with E-state index in [1.54, 1.807) is 0 Å². The molecule has 1 aliphatic heterocycles. The average Bonchev–Trinajstić information content (AvgIpc) is 3.06. The fourth-order valence-electron chi connectivity index (χ4n) is 2.12. The predicted molar refractivity (Wildman–Crippen MR) is 64.5 cm³/mol. The van der Waals surface area contributed by atoms with Gasteiger partial charge in [-0.25, -0.2) is 0 Å². The minimum atomic E-state index is -4.35. The zero-order valence-corrected chi connectivity index (χ0v) is 11.0. The number of rotatable bonds is 2. The van der Waals surface area contributed by atoms with Crippen molar-refractivity contribution in [3.05, 3.63) is 35.4 Å². The van der Waals surface area contributed by atoms with Crippen molar-refractivity contribution >= 4 is 0 Å². The minimum Gasteiger partial charge on any atom is -0.386 e. The predicted octanol–water partition coefficient (Wildman–Crippen LogP) is 3.55. The fourth-order valence-corrected chi connectivity index (χ4v) is 2.12. The van der Waals surface area contributed by atoms with Crippen LogP contribution in [0.1, 0.15) is 38.0 Å². The number of hydrogen-bond donors (Lipinski definition) is 1. The summed E-state index contributed by atoms with van der Waals surface area (Å²) in [5.41, 5.74) is -0.352. The summed E-state index contributed by atoms with van der Waals surface area (Å²) in [5.74, 6) is 0. The normalized spacial score (nSPS) is 25.2. The van der Waals surface area contributed by atoms with Gasteiger partial charge < -0.3 is 9.84 Å². The molecule has 2 nitrogen and oxygen atoms in total. The summed E-state index contributed by atoms with van der Waals surface area (Å²) < 4.78 is 42.7. The van der Waals surface area contributed by atoms with Crippen LogP contribution >= 0.6 is 0 Å². The third-order valence-electron chi connectivity index (χ3n) is 3.27. The van der Waals surface area contributed by atoms with Crippen LogP contribution in [-0.2, 0) is 10.9 Å². The lowest BCUT2D eigenvalue weighted by atomic mass is 9.88. The lowest BCUT2D eigenvalue weighted by molar-refractivity contribution is -0.137. The van der Waals surface area contributed by atoms with E-state index in [2.05, 4.69) is 0 Å². The SMILES string of the molecule is CC(C)(C)C1OC1C(O)c1ccc(C(F)(F)F)cc1. The quantitative estimate of drug-likeness (QED) is 0.836. The van der Waals surface area contributed by atoms with Crippen molar-refractivity contribution in [3.63, 3.8) is 0 Å². The molecule has 0 bridgehead atoms. The molecule has 1 fully saturated rings. The van der Waals surface area contributed by atoms with Gasteiger partial charge >= 0.3 is 6.18 Å². The molecule has 0 aliphatic carbocycles. The van der Waals surface area contributed by atoms with E-state index in [-0.39, 0.29) is 17.6 Å². The maximum Gasteiger partial charge on any atom is 0.416 e. The Hall–Kier alpha value is -1.07. The van der Waals surface area contributed by atoms with E-state index in [1.165, 1.54) is 12.1 Å². The summed E-state index contributed by atoms with van der Waals surface area (Å²) >= 11 is 0. The van der Waals surface area contributed by atoms with Crippen molar-refractivity contribution in [2.24, 2.45) is 5.41 Å². The summed E-state index contributed by atoms with van der Waals surface area (Å²) in [6.45, 7) is 5.99. The molecule has 106 valence electrons. The number of aliphatic hydroxyl groups is 1. The van der Waals surface area contributed by atoms with Gasteiger partial charge in [0, 0.05) is 0 Å². The molecule has 3 unspecified atom stereocenters. The zero-order valence-electron chi connectivity index (χ0n) is 11.0. The van der Waals surface area contributed by atoms with Gasteiger partial charge in [0.15, 0.2) is 0 Å². The number of benzene rings is 1. The fraction of sp³-hybridized carbons (Fsp3) is 0.571. The van der Waals surface area contributed by atoms with Crippen LogP contribution < -0.4 is 0 Å². The summed E-state index contributed by atoms with van der Waals surface area (Å²) in [5, 5.41) is 10.1. The Morgan fingerprint density at radius 3 is 2.00 bits per heavy atom. The maximum atomic E-state index is 12.4. The summed E-state index contributed by atoms with van der Waals surface area (Å²) in [6, 6.07) is 4.56. The molecule has 0 amide bonds. The van der Waals surface area contributed by atoms with Crippen molar-refractivity contribution in [1.82, 2.24) is 0 Å². The van der Waals surface area contributed by atoms with Gasteiger partial charge in [-0.05, 0) is 23.1 Å². The molecule has 1 heterocycles. The van der Waals surface area contributed by atoms with E-state index in [9.17, 15) is 18.3 Å². The topological polar surface area (TPSA) is 32.8 Å². The van der Waals surface area contributed by atoms with Crippen LogP contribution in [0.25, 0.3) is 0 Å². The highest BCUT2D eigenvalue weighted by Crippen LogP contribution is 2.44. The van der Waals surface area contributed by atoms with Gasteiger partial charge in [0.1, 0.15) is 12.2 Å². The van der Waals surface area contributed by atoms with Crippen LogP contribution in [0, 0.1) is 5.41 Å². The van der Waals surface area contributed by atoms with Crippen molar-refractivity contribution in [2.75, 3.05) is 0 Å². The standard InChI is InChI=1S/C14H17F3O2/c1-13(2,3)12-11(19-12)10(18)8-4-6-9(7-5-8)14(15,16)17/h4-7,10-12,18H,1-3H3. The monoisotopic (exact) mass is 274 g/mol. The first kappa shape index (κ1) is 14.3. The molecule has 0 saturated carbocycles. The van der Waals surface area contributed by atoms with Gasteiger partial charge in [-0.15, -0.1) is 0 Å². The highest BCUT2D eigenvalue weighted by molar-refractivity contribution is 5.27. The van der Waals surface area contributed by atoms with E-state index in [1.807, 2.05) is 20.8 Å². The smallest absolute Gasteiger partial charge is 0.386 e. The third-order valence-corrected chi connectivity index (χ3v) is 3.27. The van der Waals surface area contributed by atoms with E-state index < -0.39 is 17.8 Å². The summed E-state index contributed by atoms with van der Waals surface area (Å²) in [6.07, 6.45) is -5.64. The van der Waals surface area contributed by atoms with Gasteiger partial charge in [0.05, 0.1) is 11.7 Å². The maximum absolute atomic E-state index is 12.4. The highest BCUT2D eigenvalue weighted by Gasteiger charge is 2.51. The second kappa shape index (κ2) is 4.49. The molecule has 1 N–H and O–H groups in total. The minimum absolute atomic E-state index is 0.0650. The van der Waals surface area contributed by atoms with Crippen LogP contribution in [0.4, 0.5) is 13.2 Å². The molecule has 0 aromatic heterocycles. The number of hydrogen-bond acceptors (Lipinski definition) is 2. The van der Waals surface area contributed by atoms with Crippen molar-refractivity contribution in [1.29, 1.82) is 0 Å². The van der Waals surface area contributed by atoms with Gasteiger partial charge in [-0.3, -0.25) is 0 Å². The highest BCUT2D eigenvalue weighted by atomic mass is 19.4. The van der Waals surface area contributed by atoms with Crippen molar-refractivity contribution in [3.8, 4) is 0 Å². The second-order valence-electron chi connectivity index (χ2n) is 5.95. The Labute approximate surface area is 110 Å². The number of epoxide rings is 1. The first-order chi connectivity index (χ1) is 8.60. The van der Waals surface area contributed by atoms with E-state index >= 15 is 0 Å². The van der Waals surface area contributed by atoms with Crippen molar-refractivity contribution in [2.45, 2.75) is 45.3 Å². The van der Waals surface area contributed by atoms with E-state index in [0.717, 1.165) is 12.1 Å². The molecule has 1 aromatic rings. The molecule has 5 heteroatoms. The Balaban J connectivity index is 2.08. The molecule has 1 saturated heterocycles. The van der Waals surface area contributed by atoms with Crippen molar-refractivity contribution < 1.29 is 23.0 Å². The zero-order chi connectivity index (χ0) is 14.4. The summed E-state index contributed by atoms with van der Waals surface area (Å²) in [4.78, 5) is 0. The number of halogens is 3. The molecule has 19 heavy (non-hydrogen) atoms. The van der Waals surface area contributed by atoms with E-state index in [0.29, 0.717) is 5.56 Å². The third kappa shape index (κ3) is 3.09. The van der Waals surface area contributed by atoms with Gasteiger partial charge in [0.25, 0.3) is 0 Å². The molecule has 2 rings (SSSR count). The molecule has 1 aromatic carbocycles. The van der Waals surface area contributed by atoms with E-state index in [4.69, 9.17) is 4.74 Å². The average molecular weight is 274 g/mol. The molecule has 1 aliphatic rings. The Bertz CT molecular complexity index is 445. The van der Waals surface area contributed by atoms with Crippen LogP contribution in [0.15, 0.2) is 24.3 Å². The van der Waals surface area contributed by atoms with Gasteiger partial charge in [-0.1, -0.05) is 32.9 Å². The molecular formula is C14H17F3O2. The molecular weight excluding hydrogens is 257 g/mol. The van der Waals surface area contributed by atoms with Crippen LogP contribution in [-0.4, -0.2) is 17.3 Å². The van der Waals surface area contributed by atoms with Crippen LogP contribution in [0.2, 0.25) is 0 Å².